The van der Waals surface area contributed by atoms with E-state index >= 15 is 4.79 Å². The third-order valence-electron chi connectivity index (χ3n) is 16.1. The number of fused-ring (bicyclic) bond motifs is 4. The monoisotopic (exact) mass is 1420 g/mol. The van der Waals surface area contributed by atoms with Gasteiger partial charge in [-0.3, -0.25) is 9.59 Å². The van der Waals surface area contributed by atoms with Crippen LogP contribution in [-0.2, 0) is 32.6 Å². The summed E-state index contributed by atoms with van der Waals surface area (Å²) in [5.41, 5.74) is -4.47. The number of anilines is 2. The molecule has 32 heteroatoms. The Hall–Kier alpha value is -4.75. The number of rotatable bonds is 20. The van der Waals surface area contributed by atoms with E-state index < -0.39 is 119 Å². The number of unbranched alkanes of at least 4 members (excludes halogenated alkanes) is 2. The minimum Gasteiger partial charge on any atom is -0.497 e. The molecule has 4 atom stereocenters. The largest absolute Gasteiger partial charge is 0.534 e. The van der Waals surface area contributed by atoms with E-state index in [4.69, 9.17) is 112 Å². The van der Waals surface area contributed by atoms with Crippen molar-refractivity contribution in [2.45, 2.75) is 141 Å². The molecular formula is C57H71Cl6F3N4O16SSi2. The van der Waals surface area contributed by atoms with Crippen LogP contribution in [0.4, 0.5) is 34.1 Å². The van der Waals surface area contributed by atoms with Crippen molar-refractivity contribution in [2.75, 3.05) is 64.1 Å². The number of ether oxygens (including phenoxy) is 7. The summed E-state index contributed by atoms with van der Waals surface area (Å²) < 4.78 is 121. The lowest BCUT2D eigenvalue weighted by atomic mass is 10.0. The van der Waals surface area contributed by atoms with Gasteiger partial charge in [-0.05, 0) is 103 Å². The molecule has 0 aliphatic carbocycles. The van der Waals surface area contributed by atoms with Gasteiger partial charge in [-0.15, -0.1) is 0 Å². The fraction of sp³-hybridized carbons (Fsp3) is 0.544. The lowest BCUT2D eigenvalue weighted by Crippen LogP contribution is -2.58. The van der Waals surface area contributed by atoms with Gasteiger partial charge < -0.3 is 56.0 Å². The first-order valence-corrected chi connectivity index (χ1v) is 37.3. The molecule has 0 saturated heterocycles. The second-order valence-electron chi connectivity index (χ2n) is 24.3. The quantitative estimate of drug-likeness (QED) is 0.0339. The van der Waals surface area contributed by atoms with Gasteiger partial charge in [0.1, 0.15) is 24.7 Å². The maximum absolute atomic E-state index is 15.0. The highest BCUT2D eigenvalue weighted by atomic mass is 35.6. The van der Waals surface area contributed by atoms with E-state index in [1.165, 1.54) is 43.4 Å². The van der Waals surface area contributed by atoms with Gasteiger partial charge in [0.2, 0.25) is 7.59 Å². The Morgan fingerprint density at radius 2 is 1.10 bits per heavy atom. The highest BCUT2D eigenvalue weighted by Gasteiger charge is 2.55. The van der Waals surface area contributed by atoms with Crippen LogP contribution in [0.3, 0.4) is 0 Å². The number of hydrogen-bond acceptors (Lipinski definition) is 16. The summed E-state index contributed by atoms with van der Waals surface area (Å²) in [6.07, 6.45) is -0.680. The molecule has 89 heavy (non-hydrogen) atoms. The highest BCUT2D eigenvalue weighted by molar-refractivity contribution is 7.87. The van der Waals surface area contributed by atoms with E-state index in [0.29, 0.717) is 25.0 Å². The number of carbonyl (C=O) groups is 4. The first-order valence-electron chi connectivity index (χ1n) is 27.8. The van der Waals surface area contributed by atoms with Crippen molar-refractivity contribution in [1.82, 2.24) is 9.80 Å². The van der Waals surface area contributed by atoms with Crippen LogP contribution in [0, 0.1) is 0 Å². The standard InChI is InChI=1S/C57H71Cl6F3N4O16SSi2/c1-53(2,3)88(10,11)85-49-41-23-34(33-17-19-35(77-7)20-18-33)29-67(41)47(71)37-25-43(78-8)45(27-39(37)69(49)51(73)82-31-55(58,59)60)80-21-15-14-16-22-81-46-28-40-38(26-44(46)79-9)48(72)68-30-36(84-87(75,76)57(64,65)66)24-42(68)50(86-89(12,13)54(4,5)6)70(40)52(74)83-32-56(61,62)63/h17-20,24-29,41-42,49-50H,14-16,21-23,30-32H2,1-13H3/t41-,42-,49-,50-/m0/s1. The summed E-state index contributed by atoms with van der Waals surface area (Å²) in [6, 6.07) is 10.7. The number of carbonyl (C=O) groups excluding carboxylic acids is 4. The minimum atomic E-state index is -6.21. The summed E-state index contributed by atoms with van der Waals surface area (Å²) in [5, 5.41) is -0.965. The van der Waals surface area contributed by atoms with Crippen molar-refractivity contribution >= 4 is 137 Å². The van der Waals surface area contributed by atoms with Crippen LogP contribution in [0.5, 0.6) is 28.7 Å². The van der Waals surface area contributed by atoms with Gasteiger partial charge in [0.25, 0.3) is 11.8 Å². The molecule has 7 rings (SSSR count). The Bertz CT molecular complexity index is 3340. The molecule has 0 saturated carbocycles. The first kappa shape index (κ1) is 71.7. The number of halogens is 9. The first-order chi connectivity index (χ1) is 41.0. The number of nitrogens with zero attached hydrogens (tertiary/aromatic N) is 4. The van der Waals surface area contributed by atoms with Gasteiger partial charge in [-0.1, -0.05) is 123 Å². The van der Waals surface area contributed by atoms with E-state index in [9.17, 15) is 36.0 Å². The van der Waals surface area contributed by atoms with Crippen molar-refractivity contribution in [3.05, 3.63) is 83.3 Å². The minimum absolute atomic E-state index is 0.0104. The summed E-state index contributed by atoms with van der Waals surface area (Å²) in [6.45, 7) is 17.3. The summed E-state index contributed by atoms with van der Waals surface area (Å²) in [5.74, 6) is -1.12. The second-order valence-corrected chi connectivity index (χ2v) is 40.4. The summed E-state index contributed by atoms with van der Waals surface area (Å²) >= 11 is 36.4. The number of benzene rings is 3. The maximum Gasteiger partial charge on any atom is 0.534 e. The summed E-state index contributed by atoms with van der Waals surface area (Å²) in [7, 11) is -7.84. The molecule has 20 nitrogen and oxygen atoms in total. The molecule has 4 aliphatic rings. The SMILES string of the molecule is COc1ccc(C2=CN3C(=O)c4cc(OC)c(OCCCCCOc5cc6c(cc5OC)C(=O)N5CC(OS(=O)(=O)C(F)(F)F)=C[C@H]5[C@H](O[Si](C)(C)C(C)(C)C)N6C(=O)OCC(Cl)(Cl)Cl)cc4N(C(=O)OCC(Cl)(Cl)Cl)[C@@H](O[Si](C)(C)C(C)(C)C)[C@@H]3C2)cc1. The molecule has 4 heterocycles. The predicted octanol–water partition coefficient (Wildman–Crippen LogP) is 14.5. The van der Waals surface area contributed by atoms with Gasteiger partial charge in [0.15, 0.2) is 52.1 Å². The van der Waals surface area contributed by atoms with Crippen LogP contribution in [0.15, 0.2) is 66.6 Å². The second kappa shape index (κ2) is 27.1. The van der Waals surface area contributed by atoms with Gasteiger partial charge in [0, 0.05) is 18.3 Å². The Morgan fingerprint density at radius 3 is 1.54 bits per heavy atom. The molecule has 0 fully saturated rings. The third-order valence-corrected chi connectivity index (χ3v) is 26.7. The number of alkyl halides is 9. The zero-order chi connectivity index (χ0) is 66.4. The predicted molar refractivity (Wildman–Crippen MR) is 338 cm³/mol. The number of hydrogen-bond donors (Lipinski definition) is 0. The molecule has 3 aromatic rings. The van der Waals surface area contributed by atoms with Gasteiger partial charge >= 0.3 is 27.8 Å². The molecule has 0 spiro atoms. The van der Waals surface area contributed by atoms with Crippen molar-refractivity contribution in [3.8, 4) is 28.7 Å². The Morgan fingerprint density at radius 1 is 0.640 bits per heavy atom. The van der Waals surface area contributed by atoms with E-state index in [0.717, 1.165) is 27.0 Å². The zero-order valence-electron chi connectivity index (χ0n) is 51.1. The van der Waals surface area contributed by atoms with E-state index in [1.807, 2.05) is 92.0 Å². The Labute approximate surface area is 547 Å². The number of methoxy groups -OCH3 is 3. The summed E-state index contributed by atoms with van der Waals surface area (Å²) in [4.78, 5) is 63.8. The van der Waals surface area contributed by atoms with Crippen LogP contribution in [0.1, 0.15) is 93.5 Å². The molecule has 3 aromatic carbocycles. The van der Waals surface area contributed by atoms with Gasteiger partial charge in [0.05, 0.1) is 75.7 Å². The Kier molecular flexibility index (Phi) is 21.8. The molecule has 0 radical (unpaired) electrons. The zero-order valence-corrected chi connectivity index (χ0v) is 58.4. The Balaban J connectivity index is 1.17. The maximum atomic E-state index is 15.0. The molecule has 492 valence electrons. The van der Waals surface area contributed by atoms with E-state index in [-0.39, 0.29) is 70.2 Å². The van der Waals surface area contributed by atoms with E-state index in [2.05, 4.69) is 4.18 Å². The molecule has 0 N–H and O–H groups in total. The molecule has 4 amide bonds. The molecular weight excluding hydrogens is 1350 g/mol. The van der Waals surface area contributed by atoms with Crippen LogP contribution >= 0.6 is 69.6 Å². The van der Waals surface area contributed by atoms with Crippen LogP contribution in [0.2, 0.25) is 36.3 Å². The molecule has 0 unspecified atom stereocenters. The highest BCUT2D eigenvalue weighted by Crippen LogP contribution is 2.49. The lowest BCUT2D eigenvalue weighted by Gasteiger charge is -2.44. The van der Waals surface area contributed by atoms with Crippen molar-refractivity contribution in [2.24, 2.45) is 0 Å². The topological polar surface area (TPSA) is 208 Å². The van der Waals surface area contributed by atoms with Crippen molar-refractivity contribution in [1.29, 1.82) is 0 Å². The van der Waals surface area contributed by atoms with Gasteiger partial charge in [-0.25, -0.2) is 19.4 Å². The molecule has 0 bridgehead atoms. The lowest BCUT2D eigenvalue weighted by molar-refractivity contribution is -0.0523. The van der Waals surface area contributed by atoms with Crippen molar-refractivity contribution in [3.63, 3.8) is 0 Å². The third kappa shape index (κ3) is 16.4. The average Bonchev–Trinajstić information content (AvgIpc) is 1.79. The van der Waals surface area contributed by atoms with Crippen molar-refractivity contribution < 1.29 is 87.0 Å². The smallest absolute Gasteiger partial charge is 0.497 e. The van der Waals surface area contributed by atoms with E-state index in [1.54, 1.807) is 18.2 Å². The van der Waals surface area contributed by atoms with Gasteiger partial charge in [-0.2, -0.15) is 21.6 Å². The molecule has 4 aliphatic heterocycles. The molecule has 0 aromatic heterocycles. The van der Waals surface area contributed by atoms with Crippen LogP contribution in [-0.4, -0.2) is 151 Å². The number of amides is 4. The normalized spacial score (nSPS) is 19.3. The van der Waals surface area contributed by atoms with Crippen LogP contribution in [0.25, 0.3) is 5.57 Å². The van der Waals surface area contributed by atoms with Crippen LogP contribution < -0.4 is 33.5 Å². The average molecular weight is 1430 g/mol. The fourth-order valence-electron chi connectivity index (χ4n) is 9.44. The fourth-order valence-corrected chi connectivity index (χ4v) is 12.7.